The Morgan fingerprint density at radius 2 is 1.58 bits per heavy atom. The van der Waals surface area contributed by atoms with Crippen molar-refractivity contribution in [2.24, 2.45) is 5.41 Å². The van der Waals surface area contributed by atoms with Crippen LogP contribution in [0.3, 0.4) is 0 Å². The van der Waals surface area contributed by atoms with Gasteiger partial charge in [0.15, 0.2) is 0 Å². The maximum absolute atomic E-state index is 5.25. The Kier molecular flexibility index (Phi) is 5.57. The van der Waals surface area contributed by atoms with Gasteiger partial charge in [-0.05, 0) is 36.8 Å². The number of nitrogens with one attached hydrogen (secondary N) is 1. The number of hydrogen-bond acceptors (Lipinski definition) is 2. The molecule has 0 amide bonds. The largest absolute Gasteiger partial charge is 0.380 e. The van der Waals surface area contributed by atoms with Crippen LogP contribution in [0.1, 0.15) is 52.2 Å². The lowest BCUT2D eigenvalue weighted by molar-refractivity contribution is 0.183. The van der Waals surface area contributed by atoms with Gasteiger partial charge in [-0.25, -0.2) is 0 Å². The van der Waals surface area contributed by atoms with Gasteiger partial charge in [0.1, 0.15) is 0 Å². The highest BCUT2D eigenvalue weighted by Crippen LogP contribution is 2.27. The summed E-state index contributed by atoms with van der Waals surface area (Å²) in [7, 11) is 1.74. The zero-order chi connectivity index (χ0) is 14.5. The number of hydrogen-bond donors (Lipinski definition) is 1. The maximum Gasteiger partial charge on any atom is 0.0716 e. The molecule has 0 fully saturated rings. The van der Waals surface area contributed by atoms with Crippen LogP contribution in [0.2, 0.25) is 0 Å². The molecule has 0 saturated carbocycles. The molecule has 0 aliphatic carbocycles. The SMILES string of the molecule is COCc1ccccc1CNC(C)(C)CC(C)(C)C. The lowest BCUT2D eigenvalue weighted by Crippen LogP contribution is -2.42. The Hall–Kier alpha value is -0.860. The molecule has 0 unspecified atom stereocenters. The summed E-state index contributed by atoms with van der Waals surface area (Å²) in [5.41, 5.74) is 3.07. The normalized spacial score (nSPS) is 12.7. The van der Waals surface area contributed by atoms with Gasteiger partial charge in [-0.2, -0.15) is 0 Å². The summed E-state index contributed by atoms with van der Waals surface area (Å²) < 4.78 is 5.25. The van der Waals surface area contributed by atoms with Crippen molar-refractivity contribution in [1.29, 1.82) is 0 Å². The smallest absolute Gasteiger partial charge is 0.0716 e. The van der Waals surface area contributed by atoms with Crippen molar-refractivity contribution in [3.05, 3.63) is 35.4 Å². The van der Waals surface area contributed by atoms with Crippen molar-refractivity contribution in [3.8, 4) is 0 Å². The molecule has 19 heavy (non-hydrogen) atoms. The van der Waals surface area contributed by atoms with Crippen LogP contribution < -0.4 is 5.32 Å². The van der Waals surface area contributed by atoms with Gasteiger partial charge in [-0.15, -0.1) is 0 Å². The molecule has 1 N–H and O–H groups in total. The van der Waals surface area contributed by atoms with Crippen molar-refractivity contribution in [3.63, 3.8) is 0 Å². The molecule has 2 nitrogen and oxygen atoms in total. The second kappa shape index (κ2) is 6.53. The first-order valence-corrected chi connectivity index (χ1v) is 7.04. The highest BCUT2D eigenvalue weighted by molar-refractivity contribution is 5.26. The van der Waals surface area contributed by atoms with Gasteiger partial charge in [-0.3, -0.25) is 0 Å². The standard InChI is InChI=1S/C17H29NO/c1-16(2,3)13-17(4,5)18-11-14-9-7-8-10-15(14)12-19-6/h7-10,18H,11-13H2,1-6H3. The van der Waals surface area contributed by atoms with Gasteiger partial charge < -0.3 is 10.1 Å². The van der Waals surface area contributed by atoms with E-state index in [9.17, 15) is 0 Å². The lowest BCUT2D eigenvalue weighted by Gasteiger charge is -2.33. The molecule has 0 aromatic heterocycles. The average Bonchev–Trinajstić information content (AvgIpc) is 2.25. The van der Waals surface area contributed by atoms with Crippen molar-refractivity contribution < 1.29 is 4.74 Å². The summed E-state index contributed by atoms with van der Waals surface area (Å²) in [6.07, 6.45) is 1.15. The van der Waals surface area contributed by atoms with Gasteiger partial charge in [-0.1, -0.05) is 45.0 Å². The zero-order valence-corrected chi connectivity index (χ0v) is 13.3. The Labute approximate surface area is 118 Å². The molecule has 1 aromatic rings. The first kappa shape index (κ1) is 16.2. The monoisotopic (exact) mass is 263 g/mol. The minimum absolute atomic E-state index is 0.137. The quantitative estimate of drug-likeness (QED) is 0.833. The topological polar surface area (TPSA) is 21.3 Å². The molecule has 108 valence electrons. The summed E-state index contributed by atoms with van der Waals surface area (Å²) in [6, 6.07) is 8.47. The first-order valence-electron chi connectivity index (χ1n) is 7.04. The van der Waals surface area contributed by atoms with E-state index < -0.39 is 0 Å². The van der Waals surface area contributed by atoms with Gasteiger partial charge in [0.05, 0.1) is 6.61 Å². The average molecular weight is 263 g/mol. The predicted molar refractivity (Wildman–Crippen MR) is 82.1 cm³/mol. The Morgan fingerprint density at radius 3 is 2.11 bits per heavy atom. The van der Waals surface area contributed by atoms with E-state index >= 15 is 0 Å². The van der Waals surface area contributed by atoms with Crippen molar-refractivity contribution >= 4 is 0 Å². The fraction of sp³-hybridized carbons (Fsp3) is 0.647. The second-order valence-electron chi connectivity index (χ2n) is 7.18. The zero-order valence-electron chi connectivity index (χ0n) is 13.3. The molecule has 1 aromatic carbocycles. The van der Waals surface area contributed by atoms with Crippen LogP contribution in [0.4, 0.5) is 0 Å². The van der Waals surface area contributed by atoms with E-state index in [-0.39, 0.29) is 5.54 Å². The number of ether oxygens (including phenoxy) is 1. The molecular formula is C17H29NO. The molecule has 2 heteroatoms. The highest BCUT2D eigenvalue weighted by atomic mass is 16.5. The third-order valence-electron chi connectivity index (χ3n) is 3.15. The minimum Gasteiger partial charge on any atom is -0.380 e. The minimum atomic E-state index is 0.137. The lowest BCUT2D eigenvalue weighted by atomic mass is 9.81. The van der Waals surface area contributed by atoms with E-state index in [1.54, 1.807) is 7.11 Å². The molecule has 0 radical (unpaired) electrons. The molecule has 0 saturated heterocycles. The van der Waals surface area contributed by atoms with Gasteiger partial charge >= 0.3 is 0 Å². The van der Waals surface area contributed by atoms with Gasteiger partial charge in [0.2, 0.25) is 0 Å². The van der Waals surface area contributed by atoms with Gasteiger partial charge in [0.25, 0.3) is 0 Å². The summed E-state index contributed by atoms with van der Waals surface area (Å²) in [4.78, 5) is 0. The second-order valence-corrected chi connectivity index (χ2v) is 7.18. The molecule has 0 spiro atoms. The molecular weight excluding hydrogens is 234 g/mol. The van der Waals surface area contributed by atoms with Crippen molar-refractivity contribution in [2.75, 3.05) is 7.11 Å². The van der Waals surface area contributed by atoms with E-state index in [1.165, 1.54) is 11.1 Å². The van der Waals surface area contributed by atoms with E-state index in [0.717, 1.165) is 13.0 Å². The summed E-state index contributed by atoms with van der Waals surface area (Å²) in [5, 5.41) is 3.68. The van der Waals surface area contributed by atoms with Crippen LogP contribution in [0, 0.1) is 5.41 Å². The fourth-order valence-corrected chi connectivity index (χ4v) is 2.75. The van der Waals surface area contributed by atoms with Crippen LogP contribution in [0.25, 0.3) is 0 Å². The van der Waals surface area contributed by atoms with Crippen LogP contribution in [-0.2, 0) is 17.9 Å². The Bertz CT molecular complexity index is 390. The molecule has 0 atom stereocenters. The van der Waals surface area contributed by atoms with E-state index in [0.29, 0.717) is 12.0 Å². The predicted octanol–water partition coefficient (Wildman–Crippen LogP) is 4.14. The van der Waals surface area contributed by atoms with Crippen molar-refractivity contribution in [2.45, 2.75) is 59.7 Å². The number of rotatable bonds is 6. The number of benzene rings is 1. The summed E-state index contributed by atoms with van der Waals surface area (Å²) in [5.74, 6) is 0. The summed E-state index contributed by atoms with van der Waals surface area (Å²) >= 11 is 0. The van der Waals surface area contributed by atoms with E-state index in [4.69, 9.17) is 4.74 Å². The highest BCUT2D eigenvalue weighted by Gasteiger charge is 2.24. The molecule has 0 aliphatic heterocycles. The number of methoxy groups -OCH3 is 1. The third-order valence-corrected chi connectivity index (χ3v) is 3.15. The third kappa shape index (κ3) is 6.22. The maximum atomic E-state index is 5.25. The van der Waals surface area contributed by atoms with Crippen LogP contribution >= 0.6 is 0 Å². The van der Waals surface area contributed by atoms with Gasteiger partial charge in [0, 0.05) is 19.2 Å². The molecule has 0 bridgehead atoms. The van der Waals surface area contributed by atoms with Crippen LogP contribution in [-0.4, -0.2) is 12.6 Å². The van der Waals surface area contributed by atoms with Crippen LogP contribution in [0.5, 0.6) is 0 Å². The Morgan fingerprint density at radius 1 is 1.00 bits per heavy atom. The van der Waals surface area contributed by atoms with Crippen LogP contribution in [0.15, 0.2) is 24.3 Å². The molecule has 0 aliphatic rings. The molecule has 0 heterocycles. The van der Waals surface area contributed by atoms with Crippen molar-refractivity contribution in [1.82, 2.24) is 5.32 Å². The first-order chi connectivity index (χ1) is 8.73. The van der Waals surface area contributed by atoms with E-state index in [2.05, 4.69) is 64.2 Å². The van der Waals surface area contributed by atoms with E-state index in [1.807, 2.05) is 0 Å². The fourth-order valence-electron chi connectivity index (χ4n) is 2.75. The Balaban J connectivity index is 2.66. The summed E-state index contributed by atoms with van der Waals surface area (Å²) in [6.45, 7) is 13.0. The molecule has 1 rings (SSSR count).